The zero-order chi connectivity index (χ0) is 35.8. The van der Waals surface area contributed by atoms with E-state index in [1.165, 1.54) is 54.1 Å². The first-order valence-corrected chi connectivity index (χ1v) is 18.6. The fourth-order valence-corrected chi connectivity index (χ4v) is 9.17. The second kappa shape index (κ2) is 10.6. The maximum atomic E-state index is 6.28. The number of benzene rings is 9. The molecule has 5 heteroatoms. The molecule has 5 nitrogen and oxygen atoms in total. The summed E-state index contributed by atoms with van der Waals surface area (Å²) in [5.74, 6) is 0. The van der Waals surface area contributed by atoms with Gasteiger partial charge in [-0.1, -0.05) is 103 Å². The van der Waals surface area contributed by atoms with Crippen LogP contribution in [-0.2, 0) is 0 Å². The van der Waals surface area contributed by atoms with Gasteiger partial charge in [0.2, 0.25) is 5.71 Å². The molecule has 0 unspecified atom stereocenters. The van der Waals surface area contributed by atoms with E-state index in [2.05, 4.69) is 120 Å². The maximum Gasteiger partial charge on any atom is 0.246 e. The molecule has 13 rings (SSSR count). The van der Waals surface area contributed by atoms with Crippen LogP contribution in [-0.4, -0.2) is 14.5 Å². The van der Waals surface area contributed by atoms with Gasteiger partial charge in [-0.15, -0.1) is 0 Å². The molecule has 0 saturated heterocycles. The number of para-hydroxylation sites is 2. The van der Waals surface area contributed by atoms with Gasteiger partial charge in [0.25, 0.3) is 0 Å². The minimum absolute atomic E-state index is 0.518. The van der Waals surface area contributed by atoms with Crippen LogP contribution >= 0.6 is 0 Å². The van der Waals surface area contributed by atoms with Crippen LogP contribution in [0.25, 0.3) is 126 Å². The number of nitrogens with zero attached hydrogens (tertiary/aromatic N) is 3. The lowest BCUT2D eigenvalue weighted by Gasteiger charge is -2.12. The van der Waals surface area contributed by atoms with Gasteiger partial charge in [-0.2, -0.15) is 0 Å². The monoisotopic (exact) mass is 701 g/mol. The normalized spacial score (nSPS) is 12.4. The van der Waals surface area contributed by atoms with Crippen molar-refractivity contribution in [3.63, 3.8) is 0 Å². The van der Waals surface area contributed by atoms with Crippen LogP contribution in [0.15, 0.2) is 173 Å². The second-order valence-electron chi connectivity index (χ2n) is 14.5. The topological polar surface area (TPSA) is 57.0 Å². The lowest BCUT2D eigenvalue weighted by atomic mass is 9.91. The third-order valence-electron chi connectivity index (χ3n) is 11.6. The van der Waals surface area contributed by atoms with E-state index in [1.54, 1.807) is 0 Å². The first-order chi connectivity index (χ1) is 27.3. The van der Waals surface area contributed by atoms with Crippen LogP contribution in [0, 0.1) is 0 Å². The van der Waals surface area contributed by atoms with Crippen molar-refractivity contribution in [2.45, 2.75) is 0 Å². The van der Waals surface area contributed by atoms with Crippen LogP contribution in [0.5, 0.6) is 0 Å². The van der Waals surface area contributed by atoms with Crippen LogP contribution in [0.2, 0.25) is 0 Å². The molecule has 0 bridgehead atoms. The Morgan fingerprint density at radius 1 is 0.382 bits per heavy atom. The zero-order valence-corrected chi connectivity index (χ0v) is 29.2. The minimum Gasteiger partial charge on any atom is -0.456 e. The molecule has 254 valence electrons. The molecule has 55 heavy (non-hydrogen) atoms. The molecule has 0 radical (unpaired) electrons. The van der Waals surface area contributed by atoms with Crippen molar-refractivity contribution in [2.75, 3.05) is 0 Å². The molecule has 0 saturated carbocycles. The average Bonchev–Trinajstić information content (AvgIpc) is 3.91. The summed E-state index contributed by atoms with van der Waals surface area (Å²) in [5.41, 5.74) is 10.7. The Kier molecular flexibility index (Phi) is 5.57. The van der Waals surface area contributed by atoms with Crippen molar-refractivity contribution in [3.05, 3.63) is 164 Å². The number of aromatic nitrogens is 3. The van der Waals surface area contributed by atoms with Crippen molar-refractivity contribution in [1.82, 2.24) is 14.5 Å². The van der Waals surface area contributed by atoms with Crippen molar-refractivity contribution < 1.29 is 8.83 Å². The molecule has 0 N–H and O–H groups in total. The van der Waals surface area contributed by atoms with E-state index < -0.39 is 0 Å². The Labute approximate surface area is 312 Å². The van der Waals surface area contributed by atoms with Gasteiger partial charge in [0.15, 0.2) is 0 Å². The standard InChI is InChI=1S/C50H27N3O2/c1-2-11-32-29(10-1)27-40-46-44(32)35-14-4-3-12-33(35)36-16-9-17-39(45(36)46)53(40)31-23-20-28(21-24-31)47-48(52-50-49(51-47)37-15-6-8-19-42(37)55-50)30-22-25-43-38(26-30)34-13-5-7-18-41(34)54-43/h1-27H. The number of hydrogen-bond donors (Lipinski definition) is 0. The molecule has 4 aromatic heterocycles. The van der Waals surface area contributed by atoms with Gasteiger partial charge in [0.05, 0.1) is 16.7 Å². The summed E-state index contributed by atoms with van der Waals surface area (Å²) in [6.07, 6.45) is 0. The summed E-state index contributed by atoms with van der Waals surface area (Å²) < 4.78 is 14.9. The summed E-state index contributed by atoms with van der Waals surface area (Å²) >= 11 is 0. The molecule has 4 heterocycles. The van der Waals surface area contributed by atoms with Gasteiger partial charge < -0.3 is 13.4 Å². The van der Waals surface area contributed by atoms with Gasteiger partial charge in [-0.05, 0) is 87.6 Å². The molecular formula is C50H27N3O2. The molecule has 0 spiro atoms. The first kappa shape index (κ1) is 29.0. The van der Waals surface area contributed by atoms with Crippen LogP contribution in [0.4, 0.5) is 0 Å². The third-order valence-corrected chi connectivity index (χ3v) is 11.6. The smallest absolute Gasteiger partial charge is 0.246 e. The highest BCUT2D eigenvalue weighted by Gasteiger charge is 2.23. The van der Waals surface area contributed by atoms with E-state index in [-0.39, 0.29) is 0 Å². The summed E-state index contributed by atoms with van der Waals surface area (Å²) in [4.78, 5) is 10.5. The predicted octanol–water partition coefficient (Wildman–Crippen LogP) is 13.6. The molecule has 0 fully saturated rings. The maximum absolute atomic E-state index is 6.28. The molecule has 0 amide bonds. The Hall–Kier alpha value is -7.50. The summed E-state index contributed by atoms with van der Waals surface area (Å²) in [7, 11) is 0. The number of hydrogen-bond acceptors (Lipinski definition) is 4. The third kappa shape index (κ3) is 3.91. The van der Waals surface area contributed by atoms with Crippen molar-refractivity contribution in [1.29, 1.82) is 0 Å². The van der Waals surface area contributed by atoms with Gasteiger partial charge in [-0.3, -0.25) is 0 Å². The average molecular weight is 702 g/mol. The van der Waals surface area contributed by atoms with E-state index in [4.69, 9.17) is 18.8 Å². The number of rotatable bonds is 3. The summed E-state index contributed by atoms with van der Waals surface area (Å²) in [5, 5.41) is 13.3. The molecule has 0 aliphatic carbocycles. The highest BCUT2D eigenvalue weighted by Crippen LogP contribution is 2.47. The summed E-state index contributed by atoms with van der Waals surface area (Å²) in [6, 6.07) is 57.9. The van der Waals surface area contributed by atoms with Gasteiger partial charge in [-0.25, -0.2) is 9.97 Å². The van der Waals surface area contributed by atoms with E-state index in [9.17, 15) is 0 Å². The van der Waals surface area contributed by atoms with E-state index in [0.717, 1.165) is 66.6 Å². The SMILES string of the molecule is c1ccc2c(c1)cc1c3c2c2ccccc2c2cccc(c23)n1-c1ccc(-c2nc3c(nc2-c2ccc4oc5ccccc5c4c2)oc2ccccc23)cc1. The van der Waals surface area contributed by atoms with Crippen molar-refractivity contribution in [2.24, 2.45) is 0 Å². The molecule has 0 aliphatic rings. The molecular weight excluding hydrogens is 675 g/mol. The number of furan rings is 2. The van der Waals surface area contributed by atoms with Crippen LogP contribution < -0.4 is 0 Å². The number of fused-ring (bicyclic) bond motifs is 11. The highest BCUT2D eigenvalue weighted by atomic mass is 16.3. The van der Waals surface area contributed by atoms with Crippen LogP contribution in [0.3, 0.4) is 0 Å². The molecule has 0 atom stereocenters. The second-order valence-corrected chi connectivity index (χ2v) is 14.5. The fourth-order valence-electron chi connectivity index (χ4n) is 9.17. The van der Waals surface area contributed by atoms with Gasteiger partial charge in [0.1, 0.15) is 28.0 Å². The van der Waals surface area contributed by atoms with E-state index in [0.29, 0.717) is 5.71 Å². The van der Waals surface area contributed by atoms with Gasteiger partial charge >= 0.3 is 0 Å². The lowest BCUT2D eigenvalue weighted by Crippen LogP contribution is -1.96. The first-order valence-electron chi connectivity index (χ1n) is 18.6. The van der Waals surface area contributed by atoms with Crippen molar-refractivity contribution in [3.8, 4) is 28.2 Å². The Morgan fingerprint density at radius 2 is 1.02 bits per heavy atom. The molecule has 13 aromatic rings. The lowest BCUT2D eigenvalue weighted by molar-refractivity contribution is 0.653. The zero-order valence-electron chi connectivity index (χ0n) is 29.2. The fraction of sp³-hybridized carbons (Fsp3) is 0. The largest absolute Gasteiger partial charge is 0.456 e. The molecule has 0 aliphatic heterocycles. The quantitative estimate of drug-likeness (QED) is 0.172. The minimum atomic E-state index is 0.518. The summed E-state index contributed by atoms with van der Waals surface area (Å²) in [6.45, 7) is 0. The highest BCUT2D eigenvalue weighted by molar-refractivity contribution is 6.39. The Bertz CT molecular complexity index is 3710. The van der Waals surface area contributed by atoms with E-state index in [1.807, 2.05) is 48.5 Å². The molecule has 9 aromatic carbocycles. The predicted molar refractivity (Wildman–Crippen MR) is 226 cm³/mol. The Balaban J connectivity index is 1.06. The van der Waals surface area contributed by atoms with Gasteiger partial charge in [0, 0.05) is 49.1 Å². The van der Waals surface area contributed by atoms with Crippen LogP contribution in [0.1, 0.15) is 0 Å². The van der Waals surface area contributed by atoms with Crippen molar-refractivity contribution >= 4 is 98.3 Å². The Morgan fingerprint density at radius 3 is 1.87 bits per heavy atom. The van der Waals surface area contributed by atoms with E-state index >= 15 is 0 Å².